The van der Waals surface area contributed by atoms with E-state index in [9.17, 15) is 9.59 Å². The van der Waals surface area contributed by atoms with Gasteiger partial charge in [-0.15, -0.1) is 0 Å². The fourth-order valence-corrected chi connectivity index (χ4v) is 2.26. The molecule has 0 aliphatic rings. The second kappa shape index (κ2) is 7.67. The first-order valence-corrected chi connectivity index (χ1v) is 7.25. The van der Waals surface area contributed by atoms with Crippen molar-refractivity contribution in [2.24, 2.45) is 0 Å². The molecule has 1 rings (SSSR count). The van der Waals surface area contributed by atoms with E-state index in [1.54, 1.807) is 6.07 Å². The number of urea groups is 1. The molecule has 2 N–H and O–H groups in total. The van der Waals surface area contributed by atoms with Gasteiger partial charge in [0, 0.05) is 6.04 Å². The molecular formula is C16H24N2O3. The Balaban J connectivity index is 3.28. The number of carbonyl (C=O) groups is 2. The van der Waals surface area contributed by atoms with E-state index in [1.165, 1.54) is 7.11 Å². The van der Waals surface area contributed by atoms with Gasteiger partial charge in [-0.2, -0.15) is 0 Å². The summed E-state index contributed by atoms with van der Waals surface area (Å²) in [6.45, 7) is 7.80. The van der Waals surface area contributed by atoms with Crippen LogP contribution in [-0.2, 0) is 17.6 Å². The van der Waals surface area contributed by atoms with Crippen LogP contribution < -0.4 is 10.6 Å². The Bertz CT molecular complexity index is 524. The number of benzene rings is 1. The number of carbonyl (C=O) groups excluding carboxylic acids is 2. The summed E-state index contributed by atoms with van der Waals surface area (Å²) >= 11 is 0. The monoisotopic (exact) mass is 292 g/mol. The quantitative estimate of drug-likeness (QED) is 0.819. The average molecular weight is 292 g/mol. The van der Waals surface area contributed by atoms with Gasteiger partial charge in [0.05, 0.1) is 18.4 Å². The second-order valence-corrected chi connectivity index (χ2v) is 5.08. The molecular weight excluding hydrogens is 268 g/mol. The number of hydrogen-bond donors (Lipinski definition) is 2. The van der Waals surface area contributed by atoms with Crippen LogP contribution in [-0.4, -0.2) is 25.2 Å². The Morgan fingerprint density at radius 1 is 1.19 bits per heavy atom. The predicted molar refractivity (Wildman–Crippen MR) is 83.8 cm³/mol. The van der Waals surface area contributed by atoms with Crippen LogP contribution in [0.5, 0.6) is 0 Å². The minimum Gasteiger partial charge on any atom is -0.465 e. The lowest BCUT2D eigenvalue weighted by molar-refractivity contribution is 0.0602. The molecule has 0 bridgehead atoms. The first-order valence-electron chi connectivity index (χ1n) is 7.25. The van der Waals surface area contributed by atoms with E-state index in [0.29, 0.717) is 11.3 Å². The average Bonchev–Trinajstić information content (AvgIpc) is 2.44. The molecule has 2 amide bonds. The number of rotatable bonds is 5. The Labute approximate surface area is 126 Å². The van der Waals surface area contributed by atoms with Gasteiger partial charge in [-0.25, -0.2) is 9.59 Å². The summed E-state index contributed by atoms with van der Waals surface area (Å²) in [6.07, 6.45) is 1.57. The zero-order chi connectivity index (χ0) is 16.0. The summed E-state index contributed by atoms with van der Waals surface area (Å²) in [6, 6.07) is 3.31. The fourth-order valence-electron chi connectivity index (χ4n) is 2.26. The number of amides is 2. The van der Waals surface area contributed by atoms with Crippen LogP contribution in [0.2, 0.25) is 0 Å². The lowest BCUT2D eigenvalue weighted by Gasteiger charge is -2.18. The maximum atomic E-state index is 12.0. The summed E-state index contributed by atoms with van der Waals surface area (Å²) < 4.78 is 4.80. The summed E-state index contributed by atoms with van der Waals surface area (Å²) in [4.78, 5) is 23.9. The van der Waals surface area contributed by atoms with Gasteiger partial charge in [0.15, 0.2) is 0 Å². The zero-order valence-corrected chi connectivity index (χ0v) is 13.4. The first kappa shape index (κ1) is 17.0. The molecule has 116 valence electrons. The molecule has 5 heteroatoms. The van der Waals surface area contributed by atoms with E-state index in [2.05, 4.69) is 10.6 Å². The number of methoxy groups -OCH3 is 1. The number of hydrogen-bond acceptors (Lipinski definition) is 3. The topological polar surface area (TPSA) is 67.4 Å². The Morgan fingerprint density at radius 2 is 1.86 bits per heavy atom. The number of esters is 1. The summed E-state index contributed by atoms with van der Waals surface area (Å²) in [5.41, 5.74) is 3.01. The van der Waals surface area contributed by atoms with Crippen molar-refractivity contribution in [3.8, 4) is 0 Å². The lowest BCUT2D eigenvalue weighted by atomic mass is 9.97. The van der Waals surface area contributed by atoms with E-state index < -0.39 is 5.97 Å². The highest BCUT2D eigenvalue weighted by Crippen LogP contribution is 2.27. The third-order valence-electron chi connectivity index (χ3n) is 3.21. The minimum absolute atomic E-state index is 0.0195. The standard InChI is InChI=1S/C16H24N2O3/c1-6-11-8-9-13(15(19)21-5)14(12(11)7-2)18-16(20)17-10(3)4/h8-10H,6-7H2,1-5H3,(H2,17,18,20). The van der Waals surface area contributed by atoms with Gasteiger partial charge < -0.3 is 15.4 Å². The van der Waals surface area contributed by atoms with E-state index in [-0.39, 0.29) is 12.1 Å². The molecule has 0 aliphatic carbocycles. The molecule has 0 saturated carbocycles. The smallest absolute Gasteiger partial charge is 0.339 e. The third kappa shape index (κ3) is 4.21. The minimum atomic E-state index is -0.452. The number of aryl methyl sites for hydroxylation is 1. The lowest BCUT2D eigenvalue weighted by Crippen LogP contribution is -2.35. The van der Waals surface area contributed by atoms with Gasteiger partial charge >= 0.3 is 12.0 Å². The van der Waals surface area contributed by atoms with Crippen molar-refractivity contribution in [3.63, 3.8) is 0 Å². The number of ether oxygens (including phenoxy) is 1. The van der Waals surface area contributed by atoms with Gasteiger partial charge in [0.2, 0.25) is 0 Å². The molecule has 1 aromatic rings. The maximum Gasteiger partial charge on any atom is 0.339 e. The summed E-state index contributed by atoms with van der Waals surface area (Å²) in [5.74, 6) is -0.452. The molecule has 0 spiro atoms. The molecule has 21 heavy (non-hydrogen) atoms. The largest absolute Gasteiger partial charge is 0.465 e. The van der Waals surface area contributed by atoms with Crippen molar-refractivity contribution >= 4 is 17.7 Å². The molecule has 1 aromatic carbocycles. The van der Waals surface area contributed by atoms with Crippen LogP contribution in [0.4, 0.5) is 10.5 Å². The van der Waals surface area contributed by atoms with Crippen molar-refractivity contribution in [2.75, 3.05) is 12.4 Å². The Hall–Kier alpha value is -2.04. The van der Waals surface area contributed by atoms with Crippen LogP contribution >= 0.6 is 0 Å². The molecule has 5 nitrogen and oxygen atoms in total. The molecule has 0 fully saturated rings. The van der Waals surface area contributed by atoms with Crippen molar-refractivity contribution < 1.29 is 14.3 Å². The van der Waals surface area contributed by atoms with Gasteiger partial charge in [-0.1, -0.05) is 19.9 Å². The van der Waals surface area contributed by atoms with Gasteiger partial charge in [-0.05, 0) is 43.9 Å². The molecule has 0 heterocycles. The third-order valence-corrected chi connectivity index (χ3v) is 3.21. The molecule has 0 aliphatic heterocycles. The van der Waals surface area contributed by atoms with Crippen LogP contribution in [0.3, 0.4) is 0 Å². The molecule has 0 aromatic heterocycles. The number of anilines is 1. The van der Waals surface area contributed by atoms with E-state index in [4.69, 9.17) is 4.74 Å². The van der Waals surface area contributed by atoms with Gasteiger partial charge in [-0.3, -0.25) is 0 Å². The molecule has 0 atom stereocenters. The molecule has 0 unspecified atom stereocenters. The first-order chi connectivity index (χ1) is 9.94. The van der Waals surface area contributed by atoms with Crippen LogP contribution in [0, 0.1) is 0 Å². The highest BCUT2D eigenvalue weighted by Gasteiger charge is 2.19. The summed E-state index contributed by atoms with van der Waals surface area (Å²) in [5, 5.41) is 5.56. The van der Waals surface area contributed by atoms with Crippen molar-refractivity contribution in [3.05, 3.63) is 28.8 Å². The van der Waals surface area contributed by atoms with Crippen LogP contribution in [0.25, 0.3) is 0 Å². The normalized spacial score (nSPS) is 10.4. The predicted octanol–water partition coefficient (Wildman–Crippen LogP) is 3.13. The number of nitrogens with one attached hydrogen (secondary N) is 2. The van der Waals surface area contributed by atoms with Crippen molar-refractivity contribution in [1.29, 1.82) is 0 Å². The maximum absolute atomic E-state index is 12.0. The highest BCUT2D eigenvalue weighted by atomic mass is 16.5. The molecule has 0 saturated heterocycles. The molecule has 0 radical (unpaired) electrons. The summed E-state index contributed by atoms with van der Waals surface area (Å²) in [7, 11) is 1.33. The Kier molecular flexibility index (Phi) is 6.21. The van der Waals surface area contributed by atoms with E-state index in [0.717, 1.165) is 24.0 Å². The van der Waals surface area contributed by atoms with Crippen LogP contribution in [0.1, 0.15) is 49.2 Å². The van der Waals surface area contributed by atoms with Gasteiger partial charge in [0.25, 0.3) is 0 Å². The van der Waals surface area contributed by atoms with E-state index >= 15 is 0 Å². The van der Waals surface area contributed by atoms with E-state index in [1.807, 2.05) is 33.8 Å². The SMILES string of the molecule is CCc1ccc(C(=O)OC)c(NC(=O)NC(C)C)c1CC. The van der Waals surface area contributed by atoms with Crippen LogP contribution in [0.15, 0.2) is 12.1 Å². The highest BCUT2D eigenvalue weighted by molar-refractivity contribution is 6.02. The Morgan fingerprint density at radius 3 is 2.33 bits per heavy atom. The van der Waals surface area contributed by atoms with Crippen molar-refractivity contribution in [1.82, 2.24) is 5.32 Å². The second-order valence-electron chi connectivity index (χ2n) is 5.08. The van der Waals surface area contributed by atoms with Gasteiger partial charge in [0.1, 0.15) is 0 Å². The van der Waals surface area contributed by atoms with Crippen molar-refractivity contribution in [2.45, 2.75) is 46.6 Å². The zero-order valence-electron chi connectivity index (χ0n) is 13.4. The fraction of sp³-hybridized carbons (Fsp3) is 0.500.